The number of hydrogen-bond donors (Lipinski definition) is 6. The molecule has 0 spiro atoms. The standard InChI is InChI=1S/C28H48N2O10/c31-23(29-21(27(37)38)17-19-25(33)34)15-13-11-9-7-5-3-1-2-4-6-8-10-12-14-16-24(32)30-22(28(39)40)18-20-26(35)36/h21-22H,1-20H2,(H,29,31)(H,30,32)(H,33,34)(H,35,36)(H,37,38)(H,39,40). The smallest absolute Gasteiger partial charge is 0.326 e. The maximum absolute atomic E-state index is 11.9. The van der Waals surface area contributed by atoms with Crippen molar-refractivity contribution in [3.05, 3.63) is 0 Å². The SMILES string of the molecule is O=C(O)CCC(NC(=O)CCCCCCCCCCCCCCCCC(=O)NC(CCC(=O)O)C(=O)O)C(=O)O. The molecule has 0 fully saturated rings. The van der Waals surface area contributed by atoms with Gasteiger partial charge in [0, 0.05) is 25.7 Å². The zero-order valence-corrected chi connectivity index (χ0v) is 23.5. The van der Waals surface area contributed by atoms with Crippen LogP contribution in [0.4, 0.5) is 0 Å². The van der Waals surface area contributed by atoms with Gasteiger partial charge in [-0.1, -0.05) is 77.0 Å². The molecule has 2 unspecified atom stereocenters. The predicted molar refractivity (Wildman–Crippen MR) is 147 cm³/mol. The molecule has 0 heterocycles. The number of aliphatic carboxylic acids is 4. The van der Waals surface area contributed by atoms with Crippen molar-refractivity contribution in [3.63, 3.8) is 0 Å². The van der Waals surface area contributed by atoms with E-state index in [9.17, 15) is 28.8 Å². The Hall–Kier alpha value is -3.18. The molecule has 2 amide bonds. The molecule has 0 aliphatic carbocycles. The van der Waals surface area contributed by atoms with Crippen LogP contribution >= 0.6 is 0 Å². The van der Waals surface area contributed by atoms with Gasteiger partial charge >= 0.3 is 23.9 Å². The third-order valence-corrected chi connectivity index (χ3v) is 6.62. The van der Waals surface area contributed by atoms with Crippen LogP contribution in [0.1, 0.15) is 128 Å². The van der Waals surface area contributed by atoms with E-state index in [1.54, 1.807) is 0 Å². The third kappa shape index (κ3) is 22.8. The van der Waals surface area contributed by atoms with Gasteiger partial charge in [-0.15, -0.1) is 0 Å². The van der Waals surface area contributed by atoms with Crippen molar-refractivity contribution in [2.75, 3.05) is 0 Å². The monoisotopic (exact) mass is 572 g/mol. The number of unbranched alkanes of at least 4 members (excludes halogenated alkanes) is 13. The minimum Gasteiger partial charge on any atom is -0.481 e. The van der Waals surface area contributed by atoms with E-state index in [4.69, 9.17) is 20.4 Å². The Morgan fingerprint density at radius 3 is 0.875 bits per heavy atom. The summed E-state index contributed by atoms with van der Waals surface area (Å²) in [6.45, 7) is 0. The van der Waals surface area contributed by atoms with Crippen molar-refractivity contribution >= 4 is 35.7 Å². The van der Waals surface area contributed by atoms with Crippen molar-refractivity contribution in [1.29, 1.82) is 0 Å². The fraction of sp³-hybridized carbons (Fsp3) is 0.786. The predicted octanol–water partition coefficient (Wildman–Crippen LogP) is 4.10. The van der Waals surface area contributed by atoms with Crippen molar-refractivity contribution in [1.82, 2.24) is 10.6 Å². The maximum atomic E-state index is 11.9. The highest BCUT2D eigenvalue weighted by Crippen LogP contribution is 2.14. The van der Waals surface area contributed by atoms with E-state index in [-0.39, 0.29) is 50.3 Å². The molecule has 6 N–H and O–H groups in total. The highest BCUT2D eigenvalue weighted by atomic mass is 16.4. The first-order valence-electron chi connectivity index (χ1n) is 14.5. The van der Waals surface area contributed by atoms with Gasteiger partial charge in [0.1, 0.15) is 12.1 Å². The summed E-state index contributed by atoms with van der Waals surface area (Å²) in [7, 11) is 0. The quantitative estimate of drug-likeness (QED) is 0.0776. The second-order valence-corrected chi connectivity index (χ2v) is 10.2. The molecule has 0 aromatic heterocycles. The first-order chi connectivity index (χ1) is 19.0. The number of hydrogen-bond acceptors (Lipinski definition) is 6. The molecule has 0 saturated heterocycles. The van der Waals surface area contributed by atoms with E-state index in [1.165, 1.54) is 25.7 Å². The van der Waals surface area contributed by atoms with Gasteiger partial charge in [0.05, 0.1) is 0 Å². The number of rotatable bonds is 27. The average molecular weight is 573 g/mol. The Kier molecular flexibility index (Phi) is 21.8. The van der Waals surface area contributed by atoms with E-state index in [1.807, 2.05) is 0 Å². The lowest BCUT2D eigenvalue weighted by Gasteiger charge is -2.13. The first-order valence-corrected chi connectivity index (χ1v) is 14.5. The summed E-state index contributed by atoms with van der Waals surface area (Å²) in [4.78, 5) is 67.1. The lowest BCUT2D eigenvalue weighted by molar-refractivity contribution is -0.144. The largest absolute Gasteiger partial charge is 0.481 e. The van der Waals surface area contributed by atoms with Gasteiger partial charge in [0.25, 0.3) is 0 Å². The third-order valence-electron chi connectivity index (χ3n) is 6.62. The summed E-state index contributed by atoms with van der Waals surface area (Å²) < 4.78 is 0. The number of nitrogens with one attached hydrogen (secondary N) is 2. The number of carbonyl (C=O) groups is 6. The fourth-order valence-electron chi connectivity index (χ4n) is 4.28. The Morgan fingerprint density at radius 1 is 0.400 bits per heavy atom. The maximum Gasteiger partial charge on any atom is 0.326 e. The van der Waals surface area contributed by atoms with Crippen LogP contribution in [0.15, 0.2) is 0 Å². The van der Waals surface area contributed by atoms with Crippen molar-refractivity contribution < 1.29 is 49.2 Å². The zero-order chi connectivity index (χ0) is 30.2. The van der Waals surface area contributed by atoms with Crippen LogP contribution in [-0.2, 0) is 28.8 Å². The van der Waals surface area contributed by atoms with E-state index in [2.05, 4.69) is 10.6 Å². The summed E-state index contributed by atoms with van der Waals surface area (Å²) in [5.74, 6) is -5.36. The van der Waals surface area contributed by atoms with Gasteiger partial charge in [-0.05, 0) is 25.7 Å². The van der Waals surface area contributed by atoms with E-state index >= 15 is 0 Å². The molecule has 0 rings (SSSR count). The molecule has 0 aliphatic rings. The fourth-order valence-corrected chi connectivity index (χ4v) is 4.28. The van der Waals surface area contributed by atoms with Crippen LogP contribution in [-0.4, -0.2) is 68.2 Å². The van der Waals surface area contributed by atoms with Gasteiger partial charge in [-0.3, -0.25) is 19.2 Å². The highest BCUT2D eigenvalue weighted by molar-refractivity contribution is 5.84. The topological polar surface area (TPSA) is 207 Å². The minimum absolute atomic E-state index is 0.131. The van der Waals surface area contributed by atoms with Crippen LogP contribution in [0, 0.1) is 0 Å². The summed E-state index contributed by atoms with van der Waals surface area (Å²) in [6, 6.07) is -2.33. The summed E-state index contributed by atoms with van der Waals surface area (Å²) >= 11 is 0. The minimum atomic E-state index is -1.22. The zero-order valence-electron chi connectivity index (χ0n) is 23.5. The molecule has 0 aliphatic heterocycles. The average Bonchev–Trinajstić information content (AvgIpc) is 2.88. The molecule has 40 heavy (non-hydrogen) atoms. The summed E-state index contributed by atoms with van der Waals surface area (Å²) in [5, 5.41) is 40.2. The molecule has 12 heteroatoms. The summed E-state index contributed by atoms with van der Waals surface area (Å²) in [6.07, 6.45) is 14.0. The molecule has 12 nitrogen and oxygen atoms in total. The van der Waals surface area contributed by atoms with E-state index in [0.29, 0.717) is 12.8 Å². The normalized spacial score (nSPS) is 12.3. The lowest BCUT2D eigenvalue weighted by atomic mass is 10.0. The van der Waals surface area contributed by atoms with Gasteiger partial charge in [-0.2, -0.15) is 0 Å². The van der Waals surface area contributed by atoms with Crippen molar-refractivity contribution in [2.45, 2.75) is 141 Å². The molecule has 0 saturated carbocycles. The molecule has 0 aromatic carbocycles. The second-order valence-electron chi connectivity index (χ2n) is 10.2. The Balaban J connectivity index is 3.57. The van der Waals surface area contributed by atoms with Crippen LogP contribution in [0.25, 0.3) is 0 Å². The van der Waals surface area contributed by atoms with Gasteiger partial charge in [-0.25, -0.2) is 9.59 Å². The number of carbonyl (C=O) groups excluding carboxylic acids is 2. The van der Waals surface area contributed by atoms with Gasteiger partial charge in [0.2, 0.25) is 11.8 Å². The van der Waals surface area contributed by atoms with Crippen LogP contribution in [0.3, 0.4) is 0 Å². The van der Waals surface area contributed by atoms with E-state index < -0.39 is 36.0 Å². The van der Waals surface area contributed by atoms with Gasteiger partial charge in [0.15, 0.2) is 0 Å². The van der Waals surface area contributed by atoms with Crippen molar-refractivity contribution in [2.24, 2.45) is 0 Å². The first kappa shape index (κ1) is 36.8. The molecular weight excluding hydrogens is 524 g/mol. The van der Waals surface area contributed by atoms with Crippen LogP contribution in [0.2, 0.25) is 0 Å². The van der Waals surface area contributed by atoms with Crippen molar-refractivity contribution in [3.8, 4) is 0 Å². The number of amides is 2. The molecule has 0 bridgehead atoms. The summed E-state index contributed by atoms with van der Waals surface area (Å²) in [5.41, 5.74) is 0. The molecule has 2 atom stereocenters. The second kappa shape index (κ2) is 23.7. The molecule has 230 valence electrons. The molecule has 0 aromatic rings. The molecular formula is C28H48N2O10. The van der Waals surface area contributed by atoms with Crippen LogP contribution in [0.5, 0.6) is 0 Å². The highest BCUT2D eigenvalue weighted by Gasteiger charge is 2.21. The number of carboxylic acid groups (broad SMARTS) is 4. The number of carboxylic acids is 4. The van der Waals surface area contributed by atoms with Gasteiger partial charge < -0.3 is 31.1 Å². The Bertz CT molecular complexity index is 723. The Morgan fingerprint density at radius 2 is 0.650 bits per heavy atom. The Labute approximate surface area is 236 Å². The lowest BCUT2D eigenvalue weighted by Crippen LogP contribution is -2.41. The van der Waals surface area contributed by atoms with Crippen LogP contribution < -0.4 is 10.6 Å². The van der Waals surface area contributed by atoms with E-state index in [0.717, 1.165) is 51.4 Å². The molecule has 0 radical (unpaired) electrons.